The summed E-state index contributed by atoms with van der Waals surface area (Å²) < 4.78 is 0. The molecule has 1 aliphatic rings. The fraction of sp³-hybridized carbons (Fsp3) is 0.250. The Bertz CT molecular complexity index is 595. The van der Waals surface area contributed by atoms with Gasteiger partial charge in [-0.1, -0.05) is 42.8 Å². The molecule has 2 aromatic rings. The van der Waals surface area contributed by atoms with Gasteiger partial charge in [0.25, 0.3) is 0 Å². The molecule has 3 heteroatoms. The highest BCUT2D eigenvalue weighted by atomic mass is 35.5. The van der Waals surface area contributed by atoms with Gasteiger partial charge in [0.1, 0.15) is 0 Å². The van der Waals surface area contributed by atoms with Crippen molar-refractivity contribution in [3.8, 4) is 0 Å². The van der Waals surface area contributed by atoms with Gasteiger partial charge in [0.2, 0.25) is 0 Å². The number of hydrogen-bond donors (Lipinski definition) is 0. The molecule has 0 nitrogen and oxygen atoms in total. The Morgan fingerprint density at radius 3 is 2.89 bits per heavy atom. The predicted octanol–water partition coefficient (Wildman–Crippen LogP) is 5.79. The second kappa shape index (κ2) is 5.82. The molecule has 0 amide bonds. The van der Waals surface area contributed by atoms with Gasteiger partial charge in [0, 0.05) is 15.7 Å². The molecule has 1 aliphatic heterocycles. The van der Waals surface area contributed by atoms with E-state index < -0.39 is 0 Å². The summed E-state index contributed by atoms with van der Waals surface area (Å²) in [5.74, 6) is 2.15. The Balaban J connectivity index is 2.16. The van der Waals surface area contributed by atoms with Crippen LogP contribution in [0.2, 0.25) is 5.02 Å². The molecule has 3 rings (SSSR count). The van der Waals surface area contributed by atoms with Gasteiger partial charge >= 0.3 is 0 Å². The SMILES string of the molecule is CCSC1c2ccccc2CSc2ccc(Cl)cc21. The predicted molar refractivity (Wildman–Crippen MR) is 87.4 cm³/mol. The van der Waals surface area contributed by atoms with Crippen molar-refractivity contribution in [2.75, 3.05) is 5.75 Å². The third kappa shape index (κ3) is 2.67. The van der Waals surface area contributed by atoms with Crippen LogP contribution in [-0.4, -0.2) is 5.75 Å². The lowest BCUT2D eigenvalue weighted by Crippen LogP contribution is -2.00. The number of hydrogen-bond acceptors (Lipinski definition) is 2. The van der Waals surface area contributed by atoms with Crippen LogP contribution in [0.1, 0.15) is 28.9 Å². The van der Waals surface area contributed by atoms with Crippen LogP contribution in [0.4, 0.5) is 0 Å². The summed E-state index contributed by atoms with van der Waals surface area (Å²) in [7, 11) is 0. The Labute approximate surface area is 127 Å². The first-order valence-corrected chi connectivity index (χ1v) is 8.82. The molecular formula is C16H15ClS2. The zero-order chi connectivity index (χ0) is 13.2. The van der Waals surface area contributed by atoms with Gasteiger partial charge < -0.3 is 0 Å². The highest BCUT2D eigenvalue weighted by Gasteiger charge is 2.23. The zero-order valence-corrected chi connectivity index (χ0v) is 13.1. The second-order valence-corrected chi connectivity index (χ2v) is 7.34. The molecule has 98 valence electrons. The number of thioether (sulfide) groups is 2. The maximum atomic E-state index is 6.20. The Kier molecular flexibility index (Phi) is 4.11. The van der Waals surface area contributed by atoms with Crippen molar-refractivity contribution >= 4 is 35.1 Å². The second-order valence-electron chi connectivity index (χ2n) is 4.51. The van der Waals surface area contributed by atoms with E-state index in [0.29, 0.717) is 5.25 Å². The van der Waals surface area contributed by atoms with Crippen molar-refractivity contribution in [3.05, 3.63) is 64.2 Å². The Hall–Kier alpha value is -0.570. The van der Waals surface area contributed by atoms with Gasteiger partial charge in [0.15, 0.2) is 0 Å². The van der Waals surface area contributed by atoms with Crippen molar-refractivity contribution in [1.82, 2.24) is 0 Å². The molecule has 1 atom stereocenters. The van der Waals surface area contributed by atoms with Crippen molar-refractivity contribution in [3.63, 3.8) is 0 Å². The standard InChI is InChI=1S/C16H15ClS2/c1-2-18-16-13-6-4-3-5-11(13)10-19-15-8-7-12(17)9-14(15)16/h3-9,16H,2,10H2,1H3. The average Bonchev–Trinajstić information content (AvgIpc) is 2.58. The van der Waals surface area contributed by atoms with E-state index in [2.05, 4.69) is 43.3 Å². The van der Waals surface area contributed by atoms with Crippen LogP contribution in [0.15, 0.2) is 47.4 Å². The van der Waals surface area contributed by atoms with Crippen LogP contribution in [-0.2, 0) is 5.75 Å². The van der Waals surface area contributed by atoms with Crippen LogP contribution in [0.25, 0.3) is 0 Å². The summed E-state index contributed by atoms with van der Waals surface area (Å²) in [5, 5.41) is 1.24. The van der Waals surface area contributed by atoms with E-state index >= 15 is 0 Å². The first-order chi connectivity index (χ1) is 9.29. The molecule has 1 heterocycles. The highest BCUT2D eigenvalue weighted by Crippen LogP contribution is 2.46. The molecule has 2 aromatic carbocycles. The summed E-state index contributed by atoms with van der Waals surface area (Å²) in [6.45, 7) is 2.22. The number of halogens is 1. The molecule has 0 fully saturated rings. The van der Waals surface area contributed by atoms with Crippen LogP contribution in [0.5, 0.6) is 0 Å². The zero-order valence-electron chi connectivity index (χ0n) is 10.7. The van der Waals surface area contributed by atoms with Crippen molar-refractivity contribution in [2.24, 2.45) is 0 Å². The summed E-state index contributed by atoms with van der Waals surface area (Å²) in [6.07, 6.45) is 0. The van der Waals surface area contributed by atoms with Gasteiger partial charge in [0.05, 0.1) is 5.25 Å². The molecular weight excluding hydrogens is 292 g/mol. The van der Waals surface area contributed by atoms with Gasteiger partial charge in [-0.25, -0.2) is 0 Å². The van der Waals surface area contributed by atoms with Crippen molar-refractivity contribution in [2.45, 2.75) is 22.8 Å². The molecule has 0 saturated heterocycles. The minimum atomic E-state index is 0.407. The van der Waals surface area contributed by atoms with Gasteiger partial charge in [-0.05, 0) is 40.6 Å². The summed E-state index contributed by atoms with van der Waals surface area (Å²) >= 11 is 10.1. The first-order valence-electron chi connectivity index (χ1n) is 6.41. The molecule has 0 saturated carbocycles. The van der Waals surface area contributed by atoms with Crippen LogP contribution < -0.4 is 0 Å². The van der Waals surface area contributed by atoms with Crippen LogP contribution in [0.3, 0.4) is 0 Å². The molecule has 0 radical (unpaired) electrons. The molecule has 0 aliphatic carbocycles. The largest absolute Gasteiger partial charge is 0.149 e. The summed E-state index contributed by atoms with van der Waals surface area (Å²) in [6, 6.07) is 15.1. The van der Waals surface area contributed by atoms with E-state index in [1.54, 1.807) is 0 Å². The Morgan fingerprint density at radius 2 is 2.05 bits per heavy atom. The lowest BCUT2D eigenvalue weighted by molar-refractivity contribution is 1.09. The average molecular weight is 307 g/mol. The maximum Gasteiger partial charge on any atom is 0.0561 e. The van der Waals surface area contributed by atoms with Crippen molar-refractivity contribution < 1.29 is 0 Å². The molecule has 0 N–H and O–H groups in total. The van der Waals surface area contributed by atoms with Crippen LogP contribution in [0, 0.1) is 0 Å². The van der Waals surface area contributed by atoms with Crippen LogP contribution >= 0.6 is 35.1 Å². The third-order valence-corrected chi connectivity index (χ3v) is 5.86. The van der Waals surface area contributed by atoms with Gasteiger partial charge in [-0.2, -0.15) is 0 Å². The monoisotopic (exact) mass is 306 g/mol. The van der Waals surface area contributed by atoms with E-state index in [1.165, 1.54) is 21.6 Å². The Morgan fingerprint density at radius 1 is 1.21 bits per heavy atom. The topological polar surface area (TPSA) is 0 Å². The molecule has 0 aromatic heterocycles. The smallest absolute Gasteiger partial charge is 0.0561 e. The van der Waals surface area contributed by atoms with E-state index in [0.717, 1.165) is 16.5 Å². The summed E-state index contributed by atoms with van der Waals surface area (Å²) in [5.41, 5.74) is 4.27. The van der Waals surface area contributed by atoms with E-state index in [9.17, 15) is 0 Å². The molecule has 0 bridgehead atoms. The molecule has 19 heavy (non-hydrogen) atoms. The van der Waals surface area contributed by atoms with E-state index in [-0.39, 0.29) is 0 Å². The van der Waals surface area contributed by atoms with Crippen molar-refractivity contribution in [1.29, 1.82) is 0 Å². The van der Waals surface area contributed by atoms with Gasteiger partial charge in [-0.15, -0.1) is 23.5 Å². The third-order valence-electron chi connectivity index (χ3n) is 3.31. The molecule has 1 unspecified atom stereocenters. The number of fused-ring (bicyclic) bond motifs is 2. The van der Waals surface area contributed by atoms with Gasteiger partial charge in [-0.3, -0.25) is 0 Å². The maximum absolute atomic E-state index is 6.20. The normalized spacial score (nSPS) is 17.5. The van der Waals surface area contributed by atoms with E-state index in [4.69, 9.17) is 11.6 Å². The first kappa shape index (κ1) is 13.4. The highest BCUT2D eigenvalue weighted by molar-refractivity contribution is 8.00. The minimum Gasteiger partial charge on any atom is -0.149 e. The van der Waals surface area contributed by atoms with E-state index in [1.807, 2.05) is 29.6 Å². The summed E-state index contributed by atoms with van der Waals surface area (Å²) in [4.78, 5) is 1.37. The fourth-order valence-electron chi connectivity index (χ4n) is 2.45. The number of benzene rings is 2. The lowest BCUT2D eigenvalue weighted by atomic mass is 10.00. The lowest BCUT2D eigenvalue weighted by Gasteiger charge is -2.19. The quantitative estimate of drug-likeness (QED) is 0.689. The fourth-order valence-corrected chi connectivity index (χ4v) is 4.90. The minimum absolute atomic E-state index is 0.407. The molecule has 0 spiro atoms. The number of rotatable bonds is 2.